The van der Waals surface area contributed by atoms with Crippen molar-refractivity contribution in [1.29, 1.82) is 0 Å². The topological polar surface area (TPSA) is 47.4 Å². The first-order valence-corrected chi connectivity index (χ1v) is 13.1. The third-order valence-corrected chi connectivity index (χ3v) is 7.65. The van der Waals surface area contributed by atoms with Crippen LogP contribution >= 0.6 is 39.9 Å². The molecular weight excluding hydrogens is 542 g/mol. The average Bonchev–Trinajstić information content (AvgIpc) is 3.32. The molecule has 0 spiro atoms. The van der Waals surface area contributed by atoms with Crippen molar-refractivity contribution >= 4 is 67.1 Å². The van der Waals surface area contributed by atoms with Gasteiger partial charge in [-0.25, -0.2) is 0 Å². The van der Waals surface area contributed by atoms with Gasteiger partial charge in [0.15, 0.2) is 0 Å². The van der Waals surface area contributed by atoms with Crippen molar-refractivity contribution < 1.29 is 9.53 Å². The molecule has 3 heterocycles. The Labute approximate surface area is 221 Å². The first kappa shape index (κ1) is 23.8. The van der Waals surface area contributed by atoms with Gasteiger partial charge in [-0.05, 0) is 54.5 Å². The molecular formula is C27H22BrN3O2S2. The predicted octanol–water partition coefficient (Wildman–Crippen LogP) is 6.59. The van der Waals surface area contributed by atoms with Crippen molar-refractivity contribution in [3.8, 4) is 5.75 Å². The number of halogens is 1. The lowest BCUT2D eigenvalue weighted by atomic mass is 10.1. The van der Waals surface area contributed by atoms with Crippen molar-refractivity contribution in [3.05, 3.63) is 99.3 Å². The van der Waals surface area contributed by atoms with E-state index in [4.69, 9.17) is 17.0 Å². The summed E-state index contributed by atoms with van der Waals surface area (Å²) in [5.74, 6) is 0.812. The summed E-state index contributed by atoms with van der Waals surface area (Å²) in [5, 5.41) is 1.06. The van der Waals surface area contributed by atoms with Crippen LogP contribution in [0.1, 0.15) is 16.7 Å². The van der Waals surface area contributed by atoms with Gasteiger partial charge in [-0.15, -0.1) is 0 Å². The molecule has 1 aliphatic heterocycles. The van der Waals surface area contributed by atoms with Gasteiger partial charge in [-0.2, -0.15) is 0 Å². The highest BCUT2D eigenvalue weighted by molar-refractivity contribution is 9.10. The second-order valence-corrected chi connectivity index (χ2v) is 10.8. The molecule has 5 rings (SSSR count). The molecule has 5 nitrogen and oxygen atoms in total. The fraction of sp³-hybridized carbons (Fsp3) is 0.148. The number of rotatable bonds is 7. The lowest BCUT2D eigenvalue weighted by molar-refractivity contribution is -0.122. The standard InChI is InChI=1S/C27H22BrN3O2S2/c1-18-5-2-3-7-24(18)33-12-11-30-17-20(22-14-21(28)8-9-23(22)30)13-25-26(32)31(27(34)35-25)16-19-6-4-10-29-15-19/h2-10,13-15,17H,11-12,16H2,1H3/b25-13-. The zero-order valence-electron chi connectivity index (χ0n) is 19.0. The van der Waals surface area contributed by atoms with Gasteiger partial charge in [0.05, 0.1) is 18.0 Å². The van der Waals surface area contributed by atoms with E-state index in [1.165, 1.54) is 11.8 Å². The fourth-order valence-corrected chi connectivity index (χ4v) is 5.63. The summed E-state index contributed by atoms with van der Waals surface area (Å²) in [4.78, 5) is 19.6. The van der Waals surface area contributed by atoms with Crippen LogP contribution in [0.5, 0.6) is 5.75 Å². The van der Waals surface area contributed by atoms with Crippen LogP contribution < -0.4 is 4.74 Å². The van der Waals surface area contributed by atoms with Crippen molar-refractivity contribution in [3.63, 3.8) is 0 Å². The number of fused-ring (bicyclic) bond motifs is 1. The number of para-hydroxylation sites is 1. The van der Waals surface area contributed by atoms with Gasteiger partial charge >= 0.3 is 0 Å². The number of hydrogen-bond acceptors (Lipinski definition) is 5. The van der Waals surface area contributed by atoms with Gasteiger partial charge in [-0.1, -0.05) is 64.2 Å². The summed E-state index contributed by atoms with van der Waals surface area (Å²) in [6, 6.07) is 18.0. The highest BCUT2D eigenvalue weighted by atomic mass is 79.9. The molecule has 1 saturated heterocycles. The van der Waals surface area contributed by atoms with Crippen molar-refractivity contribution in [2.45, 2.75) is 20.0 Å². The van der Waals surface area contributed by atoms with Gasteiger partial charge in [0.1, 0.15) is 16.7 Å². The summed E-state index contributed by atoms with van der Waals surface area (Å²) in [6.07, 6.45) is 7.49. The number of aryl methyl sites for hydroxylation is 1. The van der Waals surface area contributed by atoms with Crippen molar-refractivity contribution in [2.24, 2.45) is 0 Å². The molecule has 176 valence electrons. The van der Waals surface area contributed by atoms with E-state index in [2.05, 4.69) is 43.8 Å². The minimum Gasteiger partial charge on any atom is -0.491 e. The second kappa shape index (κ2) is 10.4. The summed E-state index contributed by atoms with van der Waals surface area (Å²) in [5.41, 5.74) is 4.11. The smallest absolute Gasteiger partial charge is 0.266 e. The Morgan fingerprint density at radius 3 is 2.83 bits per heavy atom. The summed E-state index contributed by atoms with van der Waals surface area (Å²) in [7, 11) is 0. The lowest BCUT2D eigenvalue weighted by Crippen LogP contribution is -2.27. The maximum absolute atomic E-state index is 13.2. The molecule has 0 atom stereocenters. The van der Waals surface area contributed by atoms with Crippen LogP contribution in [0.4, 0.5) is 0 Å². The zero-order chi connectivity index (χ0) is 24.4. The number of hydrogen-bond donors (Lipinski definition) is 0. The van der Waals surface area contributed by atoms with Crippen molar-refractivity contribution in [1.82, 2.24) is 14.5 Å². The van der Waals surface area contributed by atoms with Gasteiger partial charge in [0.25, 0.3) is 5.91 Å². The second-order valence-electron chi connectivity index (χ2n) is 8.18. The van der Waals surface area contributed by atoms with E-state index in [1.54, 1.807) is 17.3 Å². The monoisotopic (exact) mass is 563 g/mol. The first-order chi connectivity index (χ1) is 17.0. The molecule has 1 aliphatic rings. The van der Waals surface area contributed by atoms with Crippen LogP contribution in [-0.2, 0) is 17.9 Å². The normalized spacial score (nSPS) is 14.9. The van der Waals surface area contributed by atoms with Crippen molar-refractivity contribution in [2.75, 3.05) is 6.61 Å². The van der Waals surface area contributed by atoms with Crippen LogP contribution in [-0.4, -0.2) is 31.3 Å². The quantitative estimate of drug-likeness (QED) is 0.187. The molecule has 0 saturated carbocycles. The molecule has 1 amide bonds. The van der Waals surface area contributed by atoms with E-state index in [0.717, 1.165) is 37.8 Å². The van der Waals surface area contributed by atoms with Gasteiger partial charge < -0.3 is 9.30 Å². The molecule has 0 N–H and O–H groups in total. The Morgan fingerprint density at radius 1 is 1.17 bits per heavy atom. The van der Waals surface area contributed by atoms with E-state index in [0.29, 0.717) is 28.9 Å². The number of carbonyl (C=O) groups excluding carboxylic acids is 1. The molecule has 35 heavy (non-hydrogen) atoms. The number of amides is 1. The van der Waals surface area contributed by atoms with Crippen LogP contribution in [0.25, 0.3) is 17.0 Å². The molecule has 0 aliphatic carbocycles. The van der Waals surface area contributed by atoms with E-state index in [9.17, 15) is 4.79 Å². The Bertz CT molecular complexity index is 1450. The highest BCUT2D eigenvalue weighted by Gasteiger charge is 2.32. The summed E-state index contributed by atoms with van der Waals surface area (Å²) in [6.45, 7) is 3.68. The molecule has 2 aromatic carbocycles. The number of carbonyl (C=O) groups is 1. The number of ether oxygens (including phenoxy) is 1. The van der Waals surface area contributed by atoms with E-state index >= 15 is 0 Å². The van der Waals surface area contributed by atoms with Crippen LogP contribution in [0.2, 0.25) is 0 Å². The summed E-state index contributed by atoms with van der Waals surface area (Å²) >= 11 is 10.4. The first-order valence-electron chi connectivity index (χ1n) is 11.1. The molecule has 8 heteroatoms. The number of benzene rings is 2. The minimum absolute atomic E-state index is 0.0809. The molecule has 0 radical (unpaired) electrons. The molecule has 0 bridgehead atoms. The Morgan fingerprint density at radius 2 is 2.03 bits per heavy atom. The average molecular weight is 565 g/mol. The fourth-order valence-electron chi connectivity index (χ4n) is 4.02. The molecule has 4 aromatic rings. The highest BCUT2D eigenvalue weighted by Crippen LogP contribution is 2.35. The lowest BCUT2D eigenvalue weighted by Gasteiger charge is -2.13. The van der Waals surface area contributed by atoms with Gasteiger partial charge in [-0.3, -0.25) is 14.7 Å². The van der Waals surface area contributed by atoms with Crippen LogP contribution in [0.15, 0.2) is 82.6 Å². The number of nitrogens with zero attached hydrogens (tertiary/aromatic N) is 3. The molecule has 0 unspecified atom stereocenters. The number of thioether (sulfide) groups is 1. The Hall–Kier alpha value is -2.94. The molecule has 2 aromatic heterocycles. The zero-order valence-corrected chi connectivity index (χ0v) is 22.2. The van der Waals surface area contributed by atoms with E-state index in [1.807, 2.05) is 55.5 Å². The Balaban J connectivity index is 1.40. The largest absolute Gasteiger partial charge is 0.491 e. The number of thiocarbonyl (C=S) groups is 1. The number of aromatic nitrogens is 2. The predicted molar refractivity (Wildman–Crippen MR) is 149 cm³/mol. The number of pyridine rings is 1. The van der Waals surface area contributed by atoms with E-state index < -0.39 is 0 Å². The van der Waals surface area contributed by atoms with E-state index in [-0.39, 0.29) is 5.91 Å². The van der Waals surface area contributed by atoms with Crippen LogP contribution in [0, 0.1) is 6.92 Å². The van der Waals surface area contributed by atoms with Crippen LogP contribution in [0.3, 0.4) is 0 Å². The third kappa shape index (κ3) is 5.19. The molecule has 1 fully saturated rings. The maximum atomic E-state index is 13.2. The Kier molecular flexibility index (Phi) is 7.04. The third-order valence-electron chi connectivity index (χ3n) is 5.78. The maximum Gasteiger partial charge on any atom is 0.266 e. The SMILES string of the molecule is Cc1ccccc1OCCn1cc(/C=C2\SC(=S)N(Cc3cccnc3)C2=O)c2cc(Br)ccc21. The van der Waals surface area contributed by atoms with Gasteiger partial charge in [0, 0.05) is 39.5 Å². The summed E-state index contributed by atoms with van der Waals surface area (Å²) < 4.78 is 9.74. The minimum atomic E-state index is -0.0809. The van der Waals surface area contributed by atoms with Gasteiger partial charge in [0.2, 0.25) is 0 Å².